The third-order valence-electron chi connectivity index (χ3n) is 6.65. The summed E-state index contributed by atoms with van der Waals surface area (Å²) in [6, 6.07) is 12.4. The van der Waals surface area contributed by atoms with E-state index in [1.807, 2.05) is 0 Å². The first-order chi connectivity index (χ1) is 19.9. The Hall–Kier alpha value is -5.00. The van der Waals surface area contributed by atoms with Crippen LogP contribution in [0.5, 0.6) is 17.2 Å². The van der Waals surface area contributed by atoms with Gasteiger partial charge in [0.25, 0.3) is 11.8 Å². The van der Waals surface area contributed by atoms with Crippen molar-refractivity contribution in [3.63, 3.8) is 0 Å². The van der Waals surface area contributed by atoms with E-state index in [-0.39, 0.29) is 65.7 Å². The Morgan fingerprint density at radius 3 is 2.73 bits per heavy atom. The van der Waals surface area contributed by atoms with E-state index < -0.39 is 5.82 Å². The molecule has 0 spiro atoms. The Bertz CT molecular complexity index is 1560. The standard InChI is InChI=1S/C29H29FN6O5/c1-40-25-16-19-9-10-24(25)41-23-7-2-6-21(30)20(23)18-33-27(37)8-3-13-35(14-4-12-32-28(19)38)29(39)22-17-26-31-11-5-15-36(26)34-22/h2,5-7,9-11,15-17H,3-4,8,12-14,18H2,1H3,(H,32,38)(H,33,37). The summed E-state index contributed by atoms with van der Waals surface area (Å²) in [6.45, 7) is 0.828. The number of benzene rings is 2. The summed E-state index contributed by atoms with van der Waals surface area (Å²) < 4.78 is 27.7. The number of carbonyl (C=O) groups excluding carboxylic acids is 3. The van der Waals surface area contributed by atoms with Crippen molar-refractivity contribution >= 4 is 23.4 Å². The minimum Gasteiger partial charge on any atom is -0.493 e. The average Bonchev–Trinajstić information content (AvgIpc) is 3.42. The molecule has 2 aromatic heterocycles. The van der Waals surface area contributed by atoms with Gasteiger partial charge in [-0.1, -0.05) is 6.07 Å². The lowest BCUT2D eigenvalue weighted by atomic mass is 10.1. The Kier molecular flexibility index (Phi) is 8.37. The predicted molar refractivity (Wildman–Crippen MR) is 146 cm³/mol. The quantitative estimate of drug-likeness (QED) is 0.385. The first-order valence-corrected chi connectivity index (χ1v) is 13.2. The van der Waals surface area contributed by atoms with Crippen LogP contribution in [-0.2, 0) is 11.3 Å². The second-order valence-electron chi connectivity index (χ2n) is 9.42. The van der Waals surface area contributed by atoms with Gasteiger partial charge < -0.3 is 25.0 Å². The van der Waals surface area contributed by atoms with Crippen LogP contribution < -0.4 is 20.1 Å². The zero-order chi connectivity index (χ0) is 28.8. The van der Waals surface area contributed by atoms with Gasteiger partial charge in [-0.25, -0.2) is 13.9 Å². The van der Waals surface area contributed by atoms with Crippen LogP contribution in [0.25, 0.3) is 5.65 Å². The van der Waals surface area contributed by atoms with Gasteiger partial charge in [0, 0.05) is 62.2 Å². The van der Waals surface area contributed by atoms with Gasteiger partial charge in [0.2, 0.25) is 5.91 Å². The lowest BCUT2D eigenvalue weighted by Gasteiger charge is -2.22. The highest BCUT2D eigenvalue weighted by Crippen LogP contribution is 2.34. The molecule has 3 amide bonds. The molecular weight excluding hydrogens is 531 g/mol. The van der Waals surface area contributed by atoms with Gasteiger partial charge in [0.05, 0.1) is 7.11 Å². The molecule has 0 saturated carbocycles. The number of hydrogen-bond acceptors (Lipinski definition) is 7. The summed E-state index contributed by atoms with van der Waals surface area (Å²) in [4.78, 5) is 44.7. The number of nitrogens with zero attached hydrogens (tertiary/aromatic N) is 4. The maximum atomic E-state index is 14.8. The van der Waals surface area contributed by atoms with Crippen molar-refractivity contribution in [2.45, 2.75) is 25.8 Å². The number of amides is 3. The van der Waals surface area contributed by atoms with Crippen LogP contribution in [0.3, 0.4) is 0 Å². The van der Waals surface area contributed by atoms with Crippen molar-refractivity contribution in [3.05, 3.63) is 83.6 Å². The van der Waals surface area contributed by atoms with Crippen molar-refractivity contribution in [2.24, 2.45) is 0 Å². The Labute approximate surface area is 235 Å². The highest BCUT2D eigenvalue weighted by Gasteiger charge is 2.21. The van der Waals surface area contributed by atoms with Crippen molar-refractivity contribution in [1.29, 1.82) is 0 Å². The van der Waals surface area contributed by atoms with Crippen molar-refractivity contribution < 1.29 is 28.2 Å². The number of methoxy groups -OCH3 is 1. The average molecular weight is 561 g/mol. The van der Waals surface area contributed by atoms with Crippen LogP contribution in [-0.4, -0.2) is 64.0 Å². The zero-order valence-electron chi connectivity index (χ0n) is 22.4. The number of fused-ring (bicyclic) bond motifs is 14. The van der Waals surface area contributed by atoms with Crippen molar-refractivity contribution in [2.75, 3.05) is 26.7 Å². The van der Waals surface area contributed by atoms with E-state index in [9.17, 15) is 18.8 Å². The fourth-order valence-electron chi connectivity index (χ4n) is 4.51. The Morgan fingerprint density at radius 1 is 1.05 bits per heavy atom. The van der Waals surface area contributed by atoms with E-state index in [1.54, 1.807) is 47.6 Å². The SMILES string of the molecule is COc1cc2ccc1Oc1cccc(F)c1CNC(=O)CCCN(C(=O)c1cc3ncccn3n1)CCCNC2=O. The van der Waals surface area contributed by atoms with Crippen LogP contribution >= 0.6 is 0 Å². The molecule has 2 bridgehead atoms. The first-order valence-electron chi connectivity index (χ1n) is 13.2. The third kappa shape index (κ3) is 6.43. The van der Waals surface area contributed by atoms with Gasteiger partial charge >= 0.3 is 0 Å². The van der Waals surface area contributed by atoms with Crippen LogP contribution in [0.4, 0.5) is 4.39 Å². The first kappa shape index (κ1) is 27.6. The largest absolute Gasteiger partial charge is 0.493 e. The van der Waals surface area contributed by atoms with E-state index in [0.29, 0.717) is 37.1 Å². The van der Waals surface area contributed by atoms with E-state index in [0.717, 1.165) is 0 Å². The summed E-state index contributed by atoms with van der Waals surface area (Å²) >= 11 is 0. The lowest BCUT2D eigenvalue weighted by Crippen LogP contribution is -2.36. The smallest absolute Gasteiger partial charge is 0.274 e. The summed E-state index contributed by atoms with van der Waals surface area (Å²) in [5.41, 5.74) is 1.29. The van der Waals surface area contributed by atoms with Gasteiger partial charge in [-0.2, -0.15) is 5.10 Å². The minimum atomic E-state index is -0.539. The Balaban J connectivity index is 1.39. The van der Waals surface area contributed by atoms with Crippen LogP contribution in [0.15, 0.2) is 60.9 Å². The number of rotatable bonds is 2. The van der Waals surface area contributed by atoms with Gasteiger partial charge in [-0.05, 0) is 49.2 Å². The summed E-state index contributed by atoms with van der Waals surface area (Å²) in [5.74, 6) is -0.680. The molecule has 11 nitrogen and oxygen atoms in total. The molecule has 0 radical (unpaired) electrons. The molecule has 0 atom stereocenters. The van der Waals surface area contributed by atoms with E-state index in [1.165, 1.54) is 29.8 Å². The van der Waals surface area contributed by atoms with E-state index >= 15 is 0 Å². The Morgan fingerprint density at radius 2 is 1.90 bits per heavy atom. The van der Waals surface area contributed by atoms with E-state index in [2.05, 4.69) is 20.7 Å². The molecule has 2 aliphatic rings. The number of aromatic nitrogens is 3. The molecule has 12 heteroatoms. The van der Waals surface area contributed by atoms with Gasteiger partial charge in [0.15, 0.2) is 22.8 Å². The number of carbonyl (C=O) groups is 3. The third-order valence-corrected chi connectivity index (χ3v) is 6.65. The second kappa shape index (κ2) is 12.5. The van der Waals surface area contributed by atoms with Crippen LogP contribution in [0, 0.1) is 5.82 Å². The van der Waals surface area contributed by atoms with Crippen molar-refractivity contribution in [1.82, 2.24) is 30.1 Å². The molecule has 41 heavy (non-hydrogen) atoms. The monoisotopic (exact) mass is 560 g/mol. The fraction of sp³-hybridized carbons (Fsp3) is 0.276. The maximum Gasteiger partial charge on any atom is 0.274 e. The molecule has 4 aromatic rings. The molecule has 212 valence electrons. The number of nitrogens with one attached hydrogen (secondary N) is 2. The molecule has 0 saturated heterocycles. The summed E-state index contributed by atoms with van der Waals surface area (Å²) in [6.07, 6.45) is 4.28. The van der Waals surface area contributed by atoms with Crippen LogP contribution in [0.2, 0.25) is 0 Å². The van der Waals surface area contributed by atoms with Crippen molar-refractivity contribution in [3.8, 4) is 17.2 Å². The van der Waals surface area contributed by atoms with E-state index in [4.69, 9.17) is 9.47 Å². The molecule has 2 aromatic carbocycles. The number of halogens is 1. The normalized spacial score (nSPS) is 15.1. The summed E-state index contributed by atoms with van der Waals surface area (Å²) in [5, 5.41) is 9.93. The van der Waals surface area contributed by atoms with Crippen LogP contribution in [0.1, 0.15) is 45.7 Å². The molecule has 2 aliphatic heterocycles. The second-order valence-corrected chi connectivity index (χ2v) is 9.42. The summed E-state index contributed by atoms with van der Waals surface area (Å²) in [7, 11) is 1.44. The lowest BCUT2D eigenvalue weighted by molar-refractivity contribution is -0.121. The highest BCUT2D eigenvalue weighted by atomic mass is 19.1. The number of ether oxygens (including phenoxy) is 2. The number of hydrogen-bond donors (Lipinski definition) is 2. The van der Waals surface area contributed by atoms with Gasteiger partial charge in [-0.15, -0.1) is 0 Å². The zero-order valence-corrected chi connectivity index (χ0v) is 22.4. The molecular formula is C29H29FN6O5. The fourth-order valence-corrected chi connectivity index (χ4v) is 4.51. The van der Waals surface area contributed by atoms with Gasteiger partial charge in [-0.3, -0.25) is 14.4 Å². The molecule has 0 fully saturated rings. The predicted octanol–water partition coefficient (Wildman–Crippen LogP) is 3.34. The molecule has 0 unspecified atom stereocenters. The molecule has 0 aliphatic carbocycles. The molecule has 4 heterocycles. The maximum absolute atomic E-state index is 14.8. The highest BCUT2D eigenvalue weighted by molar-refractivity contribution is 5.95. The molecule has 6 rings (SSSR count). The molecule has 2 N–H and O–H groups in total. The topological polar surface area (TPSA) is 127 Å². The van der Waals surface area contributed by atoms with Gasteiger partial charge in [0.1, 0.15) is 11.6 Å². The minimum absolute atomic E-state index is 0.0967.